The predicted molar refractivity (Wildman–Crippen MR) is 85.5 cm³/mol. The second-order valence-corrected chi connectivity index (χ2v) is 5.45. The maximum Gasteiger partial charge on any atom is 0.255 e. The standard InChI is InChI=1S/C18H17NO5/c1-11-5-2-3-6-12(11)17(20)19-14-10-16-15(9-13(14)18(21)22)23-7-4-8-24-16/h2-3,5-6,9-10H,4,7-8H2,1H3,(H,19,20)(H,21,22)/p-1. The van der Waals surface area contributed by atoms with Crippen molar-refractivity contribution >= 4 is 17.6 Å². The molecule has 0 saturated heterocycles. The lowest BCUT2D eigenvalue weighted by molar-refractivity contribution is -0.254. The first-order valence-corrected chi connectivity index (χ1v) is 7.58. The number of carboxylic acids is 1. The lowest BCUT2D eigenvalue weighted by Gasteiger charge is -2.16. The van der Waals surface area contributed by atoms with E-state index in [-0.39, 0.29) is 11.3 Å². The van der Waals surface area contributed by atoms with Gasteiger partial charge >= 0.3 is 0 Å². The van der Waals surface area contributed by atoms with Crippen molar-refractivity contribution in [2.24, 2.45) is 0 Å². The van der Waals surface area contributed by atoms with Crippen molar-refractivity contribution in [3.8, 4) is 11.5 Å². The number of anilines is 1. The number of carbonyl (C=O) groups is 2. The van der Waals surface area contributed by atoms with E-state index < -0.39 is 11.9 Å². The zero-order valence-electron chi connectivity index (χ0n) is 13.1. The fourth-order valence-electron chi connectivity index (χ4n) is 2.50. The Hall–Kier alpha value is -3.02. The monoisotopic (exact) mass is 326 g/mol. The first-order valence-electron chi connectivity index (χ1n) is 7.58. The first-order chi connectivity index (χ1) is 11.6. The molecule has 6 nitrogen and oxygen atoms in total. The Kier molecular flexibility index (Phi) is 4.37. The highest BCUT2D eigenvalue weighted by molar-refractivity contribution is 6.08. The molecule has 0 aromatic heterocycles. The van der Waals surface area contributed by atoms with Crippen molar-refractivity contribution in [3.63, 3.8) is 0 Å². The fraction of sp³-hybridized carbons (Fsp3) is 0.222. The van der Waals surface area contributed by atoms with E-state index >= 15 is 0 Å². The van der Waals surface area contributed by atoms with Crippen molar-refractivity contribution in [1.29, 1.82) is 0 Å². The minimum atomic E-state index is -1.40. The van der Waals surface area contributed by atoms with Gasteiger partial charge < -0.3 is 24.7 Å². The highest BCUT2D eigenvalue weighted by Crippen LogP contribution is 2.35. The summed E-state index contributed by atoms with van der Waals surface area (Å²) in [5.41, 5.74) is 1.22. The van der Waals surface area contributed by atoms with Gasteiger partial charge in [-0.25, -0.2) is 0 Å². The molecule has 2 aromatic carbocycles. The van der Waals surface area contributed by atoms with Crippen LogP contribution >= 0.6 is 0 Å². The average molecular weight is 326 g/mol. The molecule has 0 radical (unpaired) electrons. The summed E-state index contributed by atoms with van der Waals surface area (Å²) in [6, 6.07) is 9.84. The lowest BCUT2D eigenvalue weighted by atomic mass is 10.1. The second-order valence-electron chi connectivity index (χ2n) is 5.45. The summed E-state index contributed by atoms with van der Waals surface area (Å²) in [5, 5.41) is 14.0. The molecule has 0 fully saturated rings. The van der Waals surface area contributed by atoms with Crippen LogP contribution in [0.15, 0.2) is 36.4 Å². The van der Waals surface area contributed by atoms with Gasteiger partial charge in [0.05, 0.1) is 24.9 Å². The van der Waals surface area contributed by atoms with Crippen molar-refractivity contribution in [2.45, 2.75) is 13.3 Å². The van der Waals surface area contributed by atoms with Gasteiger partial charge in [-0.1, -0.05) is 18.2 Å². The Labute approximate surface area is 139 Å². The number of fused-ring (bicyclic) bond motifs is 1. The van der Waals surface area contributed by atoms with Crippen LogP contribution < -0.4 is 19.9 Å². The average Bonchev–Trinajstić information content (AvgIpc) is 2.79. The molecule has 0 spiro atoms. The highest BCUT2D eigenvalue weighted by Gasteiger charge is 2.18. The second kappa shape index (κ2) is 6.62. The third-order valence-corrected chi connectivity index (χ3v) is 3.75. The summed E-state index contributed by atoms with van der Waals surface area (Å²) in [6.45, 7) is 2.71. The maximum atomic E-state index is 12.4. The van der Waals surface area contributed by atoms with Crippen LogP contribution in [-0.4, -0.2) is 25.1 Å². The Balaban J connectivity index is 1.97. The van der Waals surface area contributed by atoms with Crippen LogP contribution in [-0.2, 0) is 0 Å². The quantitative estimate of drug-likeness (QED) is 0.929. The number of rotatable bonds is 3. The van der Waals surface area contributed by atoms with Gasteiger partial charge in [0.25, 0.3) is 5.91 Å². The number of aryl methyl sites for hydroxylation is 1. The topological polar surface area (TPSA) is 87.7 Å². The van der Waals surface area contributed by atoms with E-state index in [9.17, 15) is 14.7 Å². The molecule has 1 aliphatic heterocycles. The molecule has 6 heteroatoms. The molecule has 124 valence electrons. The number of hydrogen-bond donors (Lipinski definition) is 1. The highest BCUT2D eigenvalue weighted by atomic mass is 16.5. The molecule has 1 N–H and O–H groups in total. The molecule has 0 atom stereocenters. The molecular formula is C18H16NO5-. The third-order valence-electron chi connectivity index (χ3n) is 3.75. The summed E-state index contributed by atoms with van der Waals surface area (Å²) in [4.78, 5) is 23.9. The Bertz CT molecular complexity index is 800. The largest absolute Gasteiger partial charge is 0.545 e. The summed E-state index contributed by atoms with van der Waals surface area (Å²) in [7, 11) is 0. The van der Waals surface area contributed by atoms with Crippen LogP contribution in [0.2, 0.25) is 0 Å². The number of benzene rings is 2. The number of amides is 1. The van der Waals surface area contributed by atoms with Gasteiger partial charge in [0, 0.05) is 23.6 Å². The van der Waals surface area contributed by atoms with Crippen LogP contribution in [0.3, 0.4) is 0 Å². The Morgan fingerprint density at radius 1 is 1.04 bits per heavy atom. The van der Waals surface area contributed by atoms with Crippen LogP contribution in [0.25, 0.3) is 0 Å². The smallest absolute Gasteiger partial charge is 0.255 e. The van der Waals surface area contributed by atoms with E-state index in [2.05, 4.69) is 5.32 Å². The molecule has 3 rings (SSSR count). The summed E-state index contributed by atoms with van der Waals surface area (Å²) < 4.78 is 11.0. The lowest BCUT2D eigenvalue weighted by Crippen LogP contribution is -2.25. The van der Waals surface area contributed by atoms with Crippen LogP contribution in [0.1, 0.15) is 32.7 Å². The van der Waals surface area contributed by atoms with Gasteiger partial charge in [-0.05, 0) is 24.6 Å². The van der Waals surface area contributed by atoms with Crippen LogP contribution in [0.5, 0.6) is 11.5 Å². The summed E-state index contributed by atoms with van der Waals surface area (Å²) in [6.07, 6.45) is 0.695. The minimum absolute atomic E-state index is 0.118. The minimum Gasteiger partial charge on any atom is -0.545 e. The molecule has 0 unspecified atom stereocenters. The predicted octanol–water partition coefficient (Wildman–Crippen LogP) is 1.77. The molecule has 1 aliphatic rings. The number of aromatic carboxylic acids is 1. The van der Waals surface area contributed by atoms with Gasteiger partial charge in [0.1, 0.15) is 0 Å². The van der Waals surface area contributed by atoms with E-state index in [1.54, 1.807) is 12.1 Å². The number of ether oxygens (including phenoxy) is 2. The SMILES string of the molecule is Cc1ccccc1C(=O)Nc1cc2c(cc1C(=O)[O-])OCCCO2. The number of carbonyl (C=O) groups excluding carboxylic acids is 2. The van der Waals surface area contributed by atoms with E-state index in [4.69, 9.17) is 9.47 Å². The maximum absolute atomic E-state index is 12.4. The van der Waals surface area contributed by atoms with Crippen molar-refractivity contribution in [2.75, 3.05) is 18.5 Å². The van der Waals surface area contributed by atoms with Crippen molar-refractivity contribution in [3.05, 3.63) is 53.1 Å². The van der Waals surface area contributed by atoms with Crippen LogP contribution in [0.4, 0.5) is 5.69 Å². The van der Waals surface area contributed by atoms with E-state index in [1.807, 2.05) is 19.1 Å². The fourth-order valence-corrected chi connectivity index (χ4v) is 2.50. The number of carboxylic acid groups (broad SMARTS) is 1. The molecule has 0 bridgehead atoms. The first kappa shape index (κ1) is 15.9. The van der Waals surface area contributed by atoms with Gasteiger partial charge in [-0.2, -0.15) is 0 Å². The molecule has 0 aliphatic carbocycles. The molecule has 24 heavy (non-hydrogen) atoms. The van der Waals surface area contributed by atoms with E-state index in [1.165, 1.54) is 12.1 Å². The van der Waals surface area contributed by atoms with Gasteiger partial charge in [-0.3, -0.25) is 4.79 Å². The third kappa shape index (κ3) is 3.17. The van der Waals surface area contributed by atoms with Gasteiger partial charge in [0.15, 0.2) is 11.5 Å². The summed E-state index contributed by atoms with van der Waals surface area (Å²) >= 11 is 0. The normalized spacial score (nSPS) is 13.0. The van der Waals surface area contributed by atoms with Crippen molar-refractivity contribution < 1.29 is 24.2 Å². The van der Waals surface area contributed by atoms with Crippen molar-refractivity contribution in [1.82, 2.24) is 0 Å². The molecule has 0 saturated carbocycles. The molecular weight excluding hydrogens is 310 g/mol. The summed E-state index contributed by atoms with van der Waals surface area (Å²) in [5.74, 6) is -1.06. The zero-order valence-corrected chi connectivity index (χ0v) is 13.1. The Morgan fingerprint density at radius 2 is 1.71 bits per heavy atom. The van der Waals surface area contributed by atoms with Gasteiger partial charge in [-0.15, -0.1) is 0 Å². The molecule has 2 aromatic rings. The molecule has 1 heterocycles. The number of hydrogen-bond acceptors (Lipinski definition) is 5. The zero-order chi connectivity index (χ0) is 17.1. The van der Waals surface area contributed by atoms with E-state index in [0.717, 1.165) is 5.56 Å². The van der Waals surface area contributed by atoms with E-state index in [0.29, 0.717) is 36.7 Å². The van der Waals surface area contributed by atoms with Gasteiger partial charge in [0.2, 0.25) is 0 Å². The number of nitrogens with one attached hydrogen (secondary N) is 1. The molecule has 1 amide bonds. The van der Waals surface area contributed by atoms with Crippen LogP contribution in [0, 0.1) is 6.92 Å². The Morgan fingerprint density at radius 3 is 2.38 bits per heavy atom.